The van der Waals surface area contributed by atoms with E-state index in [1.54, 1.807) is 6.92 Å². The quantitative estimate of drug-likeness (QED) is 0.247. The Kier molecular flexibility index (Phi) is 10.1. The van der Waals surface area contributed by atoms with Gasteiger partial charge in [-0.1, -0.05) is 12.0 Å². The van der Waals surface area contributed by atoms with Crippen LogP contribution in [0.1, 0.15) is 85.7 Å². The highest BCUT2D eigenvalue weighted by atomic mass is 19.4. The Morgan fingerprint density at radius 1 is 0.880 bits per heavy atom. The summed E-state index contributed by atoms with van der Waals surface area (Å²) in [6.07, 6.45) is -12.7. The summed E-state index contributed by atoms with van der Waals surface area (Å²) in [6, 6.07) is 2.12. The predicted octanol–water partition coefficient (Wildman–Crippen LogP) is 7.21. The fourth-order valence-electron chi connectivity index (χ4n) is 6.96. The number of nitrogens with zero attached hydrogens (tertiary/aromatic N) is 6. The lowest BCUT2D eigenvalue weighted by molar-refractivity contribution is -0.143. The molecular weight excluding hydrogens is 685 g/mol. The van der Waals surface area contributed by atoms with Crippen LogP contribution < -0.4 is 15.5 Å². The number of hydrogen-bond acceptors (Lipinski definition) is 6. The van der Waals surface area contributed by atoms with Gasteiger partial charge in [-0.3, -0.25) is 9.59 Å². The van der Waals surface area contributed by atoms with Gasteiger partial charge in [-0.2, -0.15) is 44.3 Å². The van der Waals surface area contributed by atoms with Crippen LogP contribution in [0.15, 0.2) is 36.4 Å². The largest absolute Gasteiger partial charge is 0.416 e. The molecule has 5 rings (SSSR count). The molecule has 2 aromatic carbocycles. The summed E-state index contributed by atoms with van der Waals surface area (Å²) in [4.78, 5) is 29.2. The molecule has 1 saturated carbocycles. The van der Waals surface area contributed by atoms with Gasteiger partial charge in [-0.25, -0.2) is 0 Å². The summed E-state index contributed by atoms with van der Waals surface area (Å²) in [6.45, 7) is 1.08. The van der Waals surface area contributed by atoms with Crippen LogP contribution in [-0.2, 0) is 41.7 Å². The second-order valence-corrected chi connectivity index (χ2v) is 12.8. The zero-order valence-corrected chi connectivity index (χ0v) is 26.9. The van der Waals surface area contributed by atoms with E-state index < -0.39 is 71.2 Å². The molecule has 272 valence electrons. The maximum Gasteiger partial charge on any atom is 0.416 e. The number of hydrogen-bond donors (Lipinski definition) is 1. The fraction of sp³-hybridized carbons (Fsp3) is 0.531. The summed E-state index contributed by atoms with van der Waals surface area (Å²) in [7, 11) is 1.37. The standard InChI is InChI=1S/C32H34F9N7O2/c1-3-23-15-26(47(29-43-45-46(2)44-29)16-18-10-21(31(36,37)38)13-22(11-18)32(39,40)41)24-14-20(30(33,34)35)8-9-25(24)48(23)28(50)19-6-4-17(5-7-19)12-27(42)49/h8-11,13-14,17,19,23,26H,3-7,12,15-16H2,1-2H3,(H2,42,49)/t17?,19?,23-,26?/m1/s1. The molecule has 2 N–H and O–H groups in total. The zero-order valence-electron chi connectivity index (χ0n) is 26.9. The Morgan fingerprint density at radius 3 is 1.98 bits per heavy atom. The first-order valence-corrected chi connectivity index (χ1v) is 15.9. The number of nitrogens with two attached hydrogens (primary N) is 1. The highest BCUT2D eigenvalue weighted by molar-refractivity contribution is 5.97. The van der Waals surface area contributed by atoms with Gasteiger partial charge in [0.1, 0.15) is 0 Å². The summed E-state index contributed by atoms with van der Waals surface area (Å²) in [5.74, 6) is -1.53. The molecule has 1 aliphatic carbocycles. The second kappa shape index (κ2) is 13.7. The van der Waals surface area contributed by atoms with Gasteiger partial charge in [0.25, 0.3) is 5.95 Å². The van der Waals surface area contributed by atoms with Crippen molar-refractivity contribution in [2.45, 2.75) is 89.0 Å². The van der Waals surface area contributed by atoms with Crippen molar-refractivity contribution in [2.24, 2.45) is 24.6 Å². The van der Waals surface area contributed by atoms with Gasteiger partial charge < -0.3 is 15.5 Å². The number of anilines is 2. The van der Waals surface area contributed by atoms with Gasteiger partial charge in [0.05, 0.1) is 29.8 Å². The molecule has 0 spiro atoms. The third-order valence-electron chi connectivity index (χ3n) is 9.36. The van der Waals surface area contributed by atoms with E-state index in [9.17, 15) is 49.1 Å². The number of alkyl halides is 9. The van der Waals surface area contributed by atoms with Crippen molar-refractivity contribution >= 4 is 23.5 Å². The first-order valence-electron chi connectivity index (χ1n) is 15.9. The van der Waals surface area contributed by atoms with Gasteiger partial charge >= 0.3 is 18.5 Å². The van der Waals surface area contributed by atoms with Crippen LogP contribution in [0.25, 0.3) is 0 Å². The summed E-state index contributed by atoms with van der Waals surface area (Å²) < 4.78 is 125. The van der Waals surface area contributed by atoms with Gasteiger partial charge in [0.2, 0.25) is 11.8 Å². The van der Waals surface area contributed by atoms with Crippen LogP contribution in [-0.4, -0.2) is 38.1 Å². The van der Waals surface area contributed by atoms with Crippen LogP contribution in [0, 0.1) is 11.8 Å². The molecule has 50 heavy (non-hydrogen) atoms. The van der Waals surface area contributed by atoms with Crippen molar-refractivity contribution in [3.63, 3.8) is 0 Å². The average molecular weight is 720 g/mol. The number of halogens is 9. The number of rotatable bonds is 8. The third kappa shape index (κ3) is 7.98. The van der Waals surface area contributed by atoms with Crippen molar-refractivity contribution in [1.29, 1.82) is 0 Å². The normalized spacial score (nSPS) is 21.5. The molecule has 3 aromatic rings. The van der Waals surface area contributed by atoms with E-state index in [2.05, 4.69) is 15.4 Å². The summed E-state index contributed by atoms with van der Waals surface area (Å²) in [5, 5.41) is 11.8. The number of aryl methyl sites for hydroxylation is 1. The smallest absolute Gasteiger partial charge is 0.370 e. The molecule has 0 bridgehead atoms. The monoisotopic (exact) mass is 719 g/mol. The minimum absolute atomic E-state index is 0.00707. The molecule has 2 amide bonds. The second-order valence-electron chi connectivity index (χ2n) is 12.8. The lowest BCUT2D eigenvalue weighted by Crippen LogP contribution is -2.50. The molecule has 18 heteroatoms. The van der Waals surface area contributed by atoms with Crippen molar-refractivity contribution in [1.82, 2.24) is 20.2 Å². The van der Waals surface area contributed by atoms with E-state index in [0.717, 1.165) is 23.0 Å². The van der Waals surface area contributed by atoms with E-state index in [1.165, 1.54) is 16.8 Å². The van der Waals surface area contributed by atoms with Crippen LogP contribution in [0.2, 0.25) is 0 Å². The minimum Gasteiger partial charge on any atom is -0.370 e. The van der Waals surface area contributed by atoms with Gasteiger partial charge in [-0.15, -0.1) is 5.10 Å². The molecule has 2 aliphatic rings. The molecular formula is C32H34F9N7O2. The van der Waals surface area contributed by atoms with Crippen LogP contribution in [0.3, 0.4) is 0 Å². The fourth-order valence-corrected chi connectivity index (χ4v) is 6.96. The molecule has 1 aliphatic heterocycles. The highest BCUT2D eigenvalue weighted by Gasteiger charge is 2.44. The Labute approximate surface area is 280 Å². The van der Waals surface area contributed by atoms with Crippen molar-refractivity contribution in [2.75, 3.05) is 9.80 Å². The molecule has 1 aromatic heterocycles. The van der Waals surface area contributed by atoms with Gasteiger partial charge in [0.15, 0.2) is 0 Å². The molecule has 0 radical (unpaired) electrons. The number of primary amides is 1. The van der Waals surface area contributed by atoms with E-state index in [-0.39, 0.29) is 47.9 Å². The Bertz CT molecular complexity index is 1680. The SMILES string of the molecule is CC[C@@H]1CC(N(Cc2cc(C(F)(F)F)cc(C(F)(F)F)c2)c2nnn(C)n2)c2cc(C(F)(F)F)ccc2N1C(=O)C1CCC(CC(N)=O)CC1. The van der Waals surface area contributed by atoms with Gasteiger partial charge in [0, 0.05) is 30.6 Å². The Balaban J connectivity index is 1.61. The van der Waals surface area contributed by atoms with Crippen molar-refractivity contribution in [3.05, 3.63) is 64.2 Å². The lowest BCUT2D eigenvalue weighted by atomic mass is 9.78. The van der Waals surface area contributed by atoms with E-state index in [1.807, 2.05) is 0 Å². The van der Waals surface area contributed by atoms with Crippen LogP contribution in [0.4, 0.5) is 51.1 Å². The summed E-state index contributed by atoms with van der Waals surface area (Å²) >= 11 is 0. The van der Waals surface area contributed by atoms with Crippen LogP contribution in [0.5, 0.6) is 0 Å². The van der Waals surface area contributed by atoms with Gasteiger partial charge in [-0.05, 0) is 97.2 Å². The molecule has 1 unspecified atom stereocenters. The predicted molar refractivity (Wildman–Crippen MR) is 161 cm³/mol. The average Bonchev–Trinajstić information content (AvgIpc) is 3.46. The molecule has 2 atom stereocenters. The molecule has 9 nitrogen and oxygen atoms in total. The lowest BCUT2D eigenvalue weighted by Gasteiger charge is -2.46. The maximum absolute atomic E-state index is 14.1. The zero-order chi connectivity index (χ0) is 36.8. The third-order valence-corrected chi connectivity index (χ3v) is 9.36. The topological polar surface area (TPSA) is 110 Å². The van der Waals surface area contributed by atoms with E-state index in [0.29, 0.717) is 44.2 Å². The summed E-state index contributed by atoms with van der Waals surface area (Å²) in [5.41, 5.74) is 0.782. The number of benzene rings is 2. The molecule has 2 heterocycles. The van der Waals surface area contributed by atoms with Crippen LogP contribution >= 0.6 is 0 Å². The number of amides is 2. The van der Waals surface area contributed by atoms with E-state index in [4.69, 9.17) is 5.73 Å². The highest BCUT2D eigenvalue weighted by Crippen LogP contribution is 2.47. The minimum atomic E-state index is -5.14. The van der Waals surface area contributed by atoms with Crippen molar-refractivity contribution in [3.8, 4) is 0 Å². The molecule has 0 saturated heterocycles. The maximum atomic E-state index is 14.1. The van der Waals surface area contributed by atoms with Crippen molar-refractivity contribution < 1.29 is 49.1 Å². The van der Waals surface area contributed by atoms with E-state index >= 15 is 0 Å². The molecule has 1 fully saturated rings. The Morgan fingerprint density at radius 2 is 1.48 bits per heavy atom. The number of tetrazole rings is 1. The number of aromatic nitrogens is 4. The first kappa shape index (κ1) is 36.9. The number of carbonyl (C=O) groups is 2. The number of carbonyl (C=O) groups excluding carboxylic acids is 2. The number of fused-ring (bicyclic) bond motifs is 1. The first-order chi connectivity index (χ1) is 23.3. The Hall–Kier alpha value is -4.38.